The van der Waals surface area contributed by atoms with E-state index in [2.05, 4.69) is 74.5 Å². The average Bonchev–Trinajstić information content (AvgIpc) is 2.68. The lowest BCUT2D eigenvalue weighted by atomic mass is 9.85. The molecule has 0 saturated carbocycles. The minimum absolute atomic E-state index is 0.207. The second-order valence-corrected chi connectivity index (χ2v) is 6.48. The number of benzene rings is 3. The van der Waals surface area contributed by atoms with Crippen molar-refractivity contribution in [2.45, 2.75) is 25.7 Å². The van der Waals surface area contributed by atoms with Crippen LogP contribution in [0.5, 0.6) is 5.75 Å². The summed E-state index contributed by atoms with van der Waals surface area (Å²) in [6.45, 7) is 4.38. The molecule has 3 aromatic rings. The first-order chi connectivity index (χ1) is 12.1. The Hall–Kier alpha value is -2.74. The summed E-state index contributed by atoms with van der Waals surface area (Å²) in [5, 5.41) is 0. The van der Waals surface area contributed by atoms with Gasteiger partial charge in [-0.05, 0) is 34.4 Å². The number of nitrogen functional groups attached to an aromatic ring is 1. The van der Waals surface area contributed by atoms with Gasteiger partial charge in [-0.2, -0.15) is 0 Å². The van der Waals surface area contributed by atoms with E-state index in [0.29, 0.717) is 0 Å². The molecule has 0 fully saturated rings. The van der Waals surface area contributed by atoms with Crippen molar-refractivity contribution >= 4 is 5.69 Å². The number of anilines is 1. The van der Waals surface area contributed by atoms with Gasteiger partial charge in [-0.15, -0.1) is 0 Å². The van der Waals surface area contributed by atoms with Crippen LogP contribution in [0.4, 0.5) is 5.69 Å². The van der Waals surface area contributed by atoms with Crippen molar-refractivity contribution in [1.29, 1.82) is 0 Å². The van der Waals surface area contributed by atoms with Gasteiger partial charge in [0, 0.05) is 17.5 Å². The molecule has 0 spiro atoms. The van der Waals surface area contributed by atoms with Crippen LogP contribution in [0.3, 0.4) is 0 Å². The number of hydrogen-bond acceptors (Lipinski definition) is 2. The molecule has 2 nitrogen and oxygen atoms in total. The van der Waals surface area contributed by atoms with Gasteiger partial charge < -0.3 is 10.5 Å². The van der Waals surface area contributed by atoms with E-state index in [0.717, 1.165) is 22.6 Å². The maximum Gasteiger partial charge on any atom is 0.119 e. The van der Waals surface area contributed by atoms with Crippen LogP contribution >= 0.6 is 0 Å². The van der Waals surface area contributed by atoms with Gasteiger partial charge >= 0.3 is 0 Å². The van der Waals surface area contributed by atoms with Gasteiger partial charge in [0.25, 0.3) is 0 Å². The van der Waals surface area contributed by atoms with Crippen molar-refractivity contribution < 1.29 is 4.74 Å². The van der Waals surface area contributed by atoms with Gasteiger partial charge in [0.2, 0.25) is 0 Å². The van der Waals surface area contributed by atoms with Gasteiger partial charge in [0.15, 0.2) is 0 Å². The zero-order chi connectivity index (χ0) is 17.8. The quantitative estimate of drug-likeness (QED) is 0.619. The molecule has 25 heavy (non-hydrogen) atoms. The van der Waals surface area contributed by atoms with Gasteiger partial charge in [-0.25, -0.2) is 0 Å². The van der Waals surface area contributed by atoms with Gasteiger partial charge in [0.1, 0.15) is 5.75 Å². The summed E-state index contributed by atoms with van der Waals surface area (Å²) in [7, 11) is 1.71. The van der Waals surface area contributed by atoms with Crippen LogP contribution in [0, 0.1) is 0 Å². The van der Waals surface area contributed by atoms with Crippen molar-refractivity contribution in [1.82, 2.24) is 0 Å². The van der Waals surface area contributed by atoms with E-state index in [-0.39, 0.29) is 11.8 Å². The van der Waals surface area contributed by atoms with Crippen LogP contribution in [0.25, 0.3) is 0 Å². The fourth-order valence-electron chi connectivity index (χ4n) is 3.35. The molecule has 2 unspecified atom stereocenters. The van der Waals surface area contributed by atoms with Crippen molar-refractivity contribution in [2.24, 2.45) is 0 Å². The van der Waals surface area contributed by atoms with Crippen molar-refractivity contribution in [2.75, 3.05) is 12.8 Å². The number of methoxy groups -OCH3 is 1. The van der Waals surface area contributed by atoms with E-state index >= 15 is 0 Å². The molecule has 128 valence electrons. The summed E-state index contributed by atoms with van der Waals surface area (Å²) in [5.74, 6) is 1.26. The third kappa shape index (κ3) is 3.53. The second-order valence-electron chi connectivity index (χ2n) is 6.48. The predicted octanol–water partition coefficient (Wildman–Crippen LogP) is 5.58. The van der Waals surface area contributed by atoms with E-state index in [4.69, 9.17) is 10.5 Å². The Morgan fingerprint density at radius 3 is 1.48 bits per heavy atom. The highest BCUT2D eigenvalue weighted by atomic mass is 16.5. The summed E-state index contributed by atoms with van der Waals surface area (Å²) in [5.41, 5.74) is 12.2. The van der Waals surface area contributed by atoms with Gasteiger partial charge in [-0.3, -0.25) is 0 Å². The number of rotatable bonds is 5. The number of nitrogens with two attached hydrogens (primary N) is 1. The Morgan fingerprint density at radius 2 is 1.12 bits per heavy atom. The second kappa shape index (κ2) is 7.43. The SMILES string of the molecule is COc1cc(C(C)c2ccccc2)c(N)c(C(C)c2ccccc2)c1. The predicted molar refractivity (Wildman–Crippen MR) is 105 cm³/mol. The molecular formula is C23H25NO. The Labute approximate surface area is 150 Å². The zero-order valence-electron chi connectivity index (χ0n) is 15.1. The molecule has 0 heterocycles. The zero-order valence-corrected chi connectivity index (χ0v) is 15.1. The molecule has 0 aliphatic heterocycles. The number of ether oxygens (including phenoxy) is 1. The molecule has 3 rings (SSSR count). The molecule has 0 aromatic heterocycles. The van der Waals surface area contributed by atoms with E-state index in [1.165, 1.54) is 11.1 Å². The summed E-state index contributed by atoms with van der Waals surface area (Å²) in [6, 6.07) is 25.0. The first kappa shape index (κ1) is 17.1. The van der Waals surface area contributed by atoms with Crippen LogP contribution in [-0.2, 0) is 0 Å². The molecule has 2 atom stereocenters. The summed E-state index contributed by atoms with van der Waals surface area (Å²) in [6.07, 6.45) is 0. The lowest BCUT2D eigenvalue weighted by Crippen LogP contribution is -2.08. The van der Waals surface area contributed by atoms with Crippen molar-refractivity contribution in [3.05, 3.63) is 95.1 Å². The summed E-state index contributed by atoms with van der Waals surface area (Å²) < 4.78 is 5.57. The Balaban J connectivity index is 2.08. The minimum Gasteiger partial charge on any atom is -0.497 e. The van der Waals surface area contributed by atoms with Crippen molar-refractivity contribution in [3.63, 3.8) is 0 Å². The smallest absolute Gasteiger partial charge is 0.119 e. The maximum atomic E-state index is 6.63. The van der Waals surface area contributed by atoms with E-state index in [1.807, 2.05) is 12.1 Å². The maximum absolute atomic E-state index is 6.63. The normalized spacial score (nSPS) is 13.2. The van der Waals surface area contributed by atoms with Crippen molar-refractivity contribution in [3.8, 4) is 5.75 Å². The molecule has 0 aliphatic carbocycles. The van der Waals surface area contributed by atoms with Gasteiger partial charge in [-0.1, -0.05) is 74.5 Å². The molecule has 0 amide bonds. The fourth-order valence-corrected chi connectivity index (χ4v) is 3.35. The Morgan fingerprint density at radius 1 is 0.720 bits per heavy atom. The third-order valence-corrected chi connectivity index (χ3v) is 4.99. The number of hydrogen-bond donors (Lipinski definition) is 1. The Bertz CT molecular complexity index is 761. The molecule has 0 aliphatic rings. The minimum atomic E-state index is 0.207. The standard InChI is InChI=1S/C23H25NO/c1-16(18-10-6-4-7-11-18)21-14-20(25-3)15-22(23(21)24)17(2)19-12-8-5-9-13-19/h4-17H,24H2,1-3H3. The topological polar surface area (TPSA) is 35.2 Å². The monoisotopic (exact) mass is 331 g/mol. The first-order valence-corrected chi connectivity index (χ1v) is 8.69. The van der Waals surface area contributed by atoms with Crippen LogP contribution in [0.15, 0.2) is 72.8 Å². The Kier molecular flexibility index (Phi) is 5.08. The third-order valence-electron chi connectivity index (χ3n) is 4.99. The molecule has 3 aromatic carbocycles. The summed E-state index contributed by atoms with van der Waals surface area (Å²) >= 11 is 0. The lowest BCUT2D eigenvalue weighted by molar-refractivity contribution is 0.413. The lowest BCUT2D eigenvalue weighted by Gasteiger charge is -2.22. The van der Waals surface area contributed by atoms with Crippen LogP contribution in [-0.4, -0.2) is 7.11 Å². The molecular weight excluding hydrogens is 306 g/mol. The highest BCUT2D eigenvalue weighted by molar-refractivity contribution is 5.62. The van der Waals surface area contributed by atoms with Crippen LogP contribution < -0.4 is 10.5 Å². The van der Waals surface area contributed by atoms with Crippen LogP contribution in [0.1, 0.15) is 47.9 Å². The van der Waals surface area contributed by atoms with Crippen LogP contribution in [0.2, 0.25) is 0 Å². The highest BCUT2D eigenvalue weighted by Gasteiger charge is 2.19. The molecule has 0 bridgehead atoms. The highest BCUT2D eigenvalue weighted by Crippen LogP contribution is 2.38. The van der Waals surface area contributed by atoms with E-state index in [9.17, 15) is 0 Å². The largest absolute Gasteiger partial charge is 0.497 e. The average molecular weight is 331 g/mol. The van der Waals surface area contributed by atoms with Gasteiger partial charge in [0.05, 0.1) is 7.11 Å². The summed E-state index contributed by atoms with van der Waals surface area (Å²) in [4.78, 5) is 0. The molecule has 0 radical (unpaired) electrons. The van der Waals surface area contributed by atoms with E-state index in [1.54, 1.807) is 7.11 Å². The fraction of sp³-hybridized carbons (Fsp3) is 0.217. The molecule has 0 saturated heterocycles. The van der Waals surface area contributed by atoms with E-state index < -0.39 is 0 Å². The first-order valence-electron chi connectivity index (χ1n) is 8.69. The molecule has 2 N–H and O–H groups in total. The molecule has 2 heteroatoms.